The van der Waals surface area contributed by atoms with E-state index in [1.165, 1.54) is 19.3 Å². The molecule has 0 aromatic rings. The molecule has 1 rings (SSSR count). The third-order valence-electron chi connectivity index (χ3n) is 4.93. The molecule has 0 heterocycles. The maximum absolute atomic E-state index is 12.4. The highest BCUT2D eigenvalue weighted by atomic mass is 16.5. The third kappa shape index (κ3) is 7.36. The third-order valence-corrected chi connectivity index (χ3v) is 4.93. The highest BCUT2D eigenvalue weighted by Gasteiger charge is 2.37. The van der Waals surface area contributed by atoms with Crippen molar-refractivity contribution in [2.24, 2.45) is 17.8 Å². The minimum atomic E-state index is -0.853. The van der Waals surface area contributed by atoms with Crippen LogP contribution in [-0.4, -0.2) is 23.1 Å². The van der Waals surface area contributed by atoms with Crippen molar-refractivity contribution in [2.45, 2.75) is 91.1 Å². The number of unbranched alkanes of at least 4 members (excludes halogenated alkanes) is 2. The second kappa shape index (κ2) is 10.7. The van der Waals surface area contributed by atoms with E-state index in [1.54, 1.807) is 0 Å². The van der Waals surface area contributed by atoms with E-state index >= 15 is 0 Å². The molecule has 0 spiro atoms. The van der Waals surface area contributed by atoms with Crippen molar-refractivity contribution in [1.29, 1.82) is 0 Å². The largest absolute Gasteiger partial charge is 0.481 e. The number of carbonyl (C=O) groups excluding carboxylic acids is 1. The van der Waals surface area contributed by atoms with E-state index in [9.17, 15) is 14.7 Å². The number of ether oxygens (including phenoxy) is 1. The Morgan fingerprint density at radius 2 is 1.65 bits per heavy atom. The summed E-state index contributed by atoms with van der Waals surface area (Å²) < 4.78 is 5.64. The van der Waals surface area contributed by atoms with E-state index in [1.807, 2.05) is 6.92 Å². The summed E-state index contributed by atoms with van der Waals surface area (Å²) in [6.07, 6.45) is 9.44. The smallest absolute Gasteiger partial charge is 0.310 e. The fourth-order valence-electron chi connectivity index (χ4n) is 3.41. The van der Waals surface area contributed by atoms with E-state index < -0.39 is 17.8 Å². The van der Waals surface area contributed by atoms with Gasteiger partial charge in [-0.25, -0.2) is 0 Å². The van der Waals surface area contributed by atoms with Crippen LogP contribution in [-0.2, 0) is 14.3 Å². The highest BCUT2D eigenvalue weighted by molar-refractivity contribution is 5.81. The Balaban J connectivity index is 2.38. The van der Waals surface area contributed by atoms with Gasteiger partial charge < -0.3 is 9.84 Å². The minimum absolute atomic E-state index is 0.0575. The first-order valence-electron chi connectivity index (χ1n) is 9.39. The molecule has 1 aliphatic carbocycles. The van der Waals surface area contributed by atoms with Crippen LogP contribution in [0.2, 0.25) is 0 Å². The molecule has 3 unspecified atom stereocenters. The van der Waals surface area contributed by atoms with Gasteiger partial charge in [0.1, 0.15) is 6.10 Å². The van der Waals surface area contributed by atoms with Gasteiger partial charge in [0.15, 0.2) is 0 Å². The first-order chi connectivity index (χ1) is 11.0. The van der Waals surface area contributed by atoms with Gasteiger partial charge in [0.25, 0.3) is 0 Å². The number of hydrogen-bond donors (Lipinski definition) is 1. The first kappa shape index (κ1) is 20.0. The predicted octanol–water partition coefficient (Wildman–Crippen LogP) is 4.81. The van der Waals surface area contributed by atoms with Crippen LogP contribution < -0.4 is 0 Å². The van der Waals surface area contributed by atoms with Gasteiger partial charge >= 0.3 is 11.9 Å². The van der Waals surface area contributed by atoms with Gasteiger partial charge in [0.05, 0.1) is 11.8 Å². The maximum Gasteiger partial charge on any atom is 0.310 e. The number of carbonyl (C=O) groups is 2. The molecule has 0 amide bonds. The number of carboxylic acid groups (broad SMARTS) is 1. The van der Waals surface area contributed by atoms with E-state index in [0.717, 1.165) is 38.0 Å². The molecule has 1 N–H and O–H groups in total. The van der Waals surface area contributed by atoms with Crippen LogP contribution >= 0.6 is 0 Å². The first-order valence-corrected chi connectivity index (χ1v) is 9.39. The van der Waals surface area contributed by atoms with Gasteiger partial charge in [-0.15, -0.1) is 0 Å². The van der Waals surface area contributed by atoms with Gasteiger partial charge in [-0.1, -0.05) is 52.9 Å². The summed E-state index contributed by atoms with van der Waals surface area (Å²) in [4.78, 5) is 23.7. The van der Waals surface area contributed by atoms with Crippen LogP contribution in [0, 0.1) is 17.8 Å². The molecule has 134 valence electrons. The normalized spacial score (nSPS) is 22.8. The number of esters is 1. The average Bonchev–Trinajstić information content (AvgIpc) is 2.52. The Morgan fingerprint density at radius 3 is 2.22 bits per heavy atom. The van der Waals surface area contributed by atoms with E-state index in [4.69, 9.17) is 4.74 Å². The second-order valence-electron chi connectivity index (χ2n) is 7.33. The van der Waals surface area contributed by atoms with Crippen LogP contribution in [0.15, 0.2) is 0 Å². The standard InChI is InChI=1S/C19H34O4/c1-4-15(11-7-5-6-10-14(2)3)23-19(22)17-13-9-8-12-16(17)18(20)21/h14-17H,4-13H2,1-3H3,(H,20,21). The number of hydrogen-bond acceptors (Lipinski definition) is 3. The number of carboxylic acids is 1. The molecule has 0 bridgehead atoms. The molecular formula is C19H34O4. The van der Waals surface area contributed by atoms with Crippen molar-refractivity contribution < 1.29 is 19.4 Å². The van der Waals surface area contributed by atoms with Crippen LogP contribution in [0.4, 0.5) is 0 Å². The van der Waals surface area contributed by atoms with Crippen LogP contribution in [0.1, 0.15) is 85.0 Å². The Bertz CT molecular complexity index is 364. The Morgan fingerprint density at radius 1 is 1.04 bits per heavy atom. The molecule has 4 heteroatoms. The zero-order chi connectivity index (χ0) is 17.2. The SMILES string of the molecule is CCC(CCCCCC(C)C)OC(=O)C1CCCCC1C(=O)O. The molecule has 0 aromatic heterocycles. The Hall–Kier alpha value is -1.06. The highest BCUT2D eigenvalue weighted by Crippen LogP contribution is 2.32. The summed E-state index contributed by atoms with van der Waals surface area (Å²) in [5.41, 5.74) is 0. The lowest BCUT2D eigenvalue weighted by Crippen LogP contribution is -2.35. The molecule has 0 saturated heterocycles. The van der Waals surface area contributed by atoms with E-state index in [-0.39, 0.29) is 12.1 Å². The molecule has 1 fully saturated rings. The lowest BCUT2D eigenvalue weighted by atomic mass is 9.79. The molecule has 3 atom stereocenters. The van der Waals surface area contributed by atoms with Gasteiger partial charge in [-0.2, -0.15) is 0 Å². The topological polar surface area (TPSA) is 63.6 Å². The maximum atomic E-state index is 12.4. The van der Waals surface area contributed by atoms with Crippen molar-refractivity contribution in [2.75, 3.05) is 0 Å². The van der Waals surface area contributed by atoms with Crippen LogP contribution in [0.5, 0.6) is 0 Å². The van der Waals surface area contributed by atoms with Gasteiger partial charge in [0.2, 0.25) is 0 Å². The summed E-state index contributed by atoms with van der Waals surface area (Å²) in [5, 5.41) is 9.29. The average molecular weight is 326 g/mol. The molecule has 1 saturated carbocycles. The monoisotopic (exact) mass is 326 g/mol. The van der Waals surface area contributed by atoms with Gasteiger partial charge in [0, 0.05) is 0 Å². The van der Waals surface area contributed by atoms with E-state index in [0.29, 0.717) is 12.8 Å². The summed E-state index contributed by atoms with van der Waals surface area (Å²) in [5.74, 6) is -1.40. The molecule has 0 aliphatic heterocycles. The molecule has 4 nitrogen and oxygen atoms in total. The predicted molar refractivity (Wildman–Crippen MR) is 91.2 cm³/mol. The molecule has 1 aliphatic rings. The summed E-state index contributed by atoms with van der Waals surface area (Å²) in [6.45, 7) is 6.50. The minimum Gasteiger partial charge on any atom is -0.481 e. The summed E-state index contributed by atoms with van der Waals surface area (Å²) in [7, 11) is 0. The number of rotatable bonds is 10. The van der Waals surface area contributed by atoms with Crippen molar-refractivity contribution >= 4 is 11.9 Å². The molecule has 0 radical (unpaired) electrons. The molecule has 23 heavy (non-hydrogen) atoms. The van der Waals surface area contributed by atoms with Crippen LogP contribution in [0.3, 0.4) is 0 Å². The molecular weight excluding hydrogens is 292 g/mol. The Kier molecular flexibility index (Phi) is 9.27. The van der Waals surface area contributed by atoms with Gasteiger partial charge in [-0.3, -0.25) is 9.59 Å². The fourth-order valence-corrected chi connectivity index (χ4v) is 3.41. The fraction of sp³-hybridized carbons (Fsp3) is 0.895. The second-order valence-corrected chi connectivity index (χ2v) is 7.33. The Labute approximate surface area is 141 Å². The zero-order valence-corrected chi connectivity index (χ0v) is 15.1. The quantitative estimate of drug-likeness (QED) is 0.462. The lowest BCUT2D eigenvalue weighted by Gasteiger charge is -2.28. The zero-order valence-electron chi connectivity index (χ0n) is 15.1. The number of aliphatic carboxylic acids is 1. The van der Waals surface area contributed by atoms with Crippen molar-refractivity contribution in [3.05, 3.63) is 0 Å². The van der Waals surface area contributed by atoms with Crippen LogP contribution in [0.25, 0.3) is 0 Å². The summed E-state index contributed by atoms with van der Waals surface area (Å²) in [6, 6.07) is 0. The van der Waals surface area contributed by atoms with Crippen molar-refractivity contribution in [3.63, 3.8) is 0 Å². The van der Waals surface area contributed by atoms with E-state index in [2.05, 4.69) is 13.8 Å². The summed E-state index contributed by atoms with van der Waals surface area (Å²) >= 11 is 0. The van der Waals surface area contributed by atoms with Gasteiger partial charge in [-0.05, 0) is 38.0 Å². The van der Waals surface area contributed by atoms with Crippen molar-refractivity contribution in [3.8, 4) is 0 Å². The lowest BCUT2D eigenvalue weighted by molar-refractivity contribution is -0.164. The molecule has 0 aromatic carbocycles. The van der Waals surface area contributed by atoms with Crippen molar-refractivity contribution in [1.82, 2.24) is 0 Å².